The monoisotopic (exact) mass is 436 g/mol. The van der Waals surface area contributed by atoms with Crippen molar-refractivity contribution in [3.05, 3.63) is 53.6 Å². The third-order valence-electron chi connectivity index (χ3n) is 4.81. The molecule has 3 rings (SSSR count). The van der Waals surface area contributed by atoms with Crippen molar-refractivity contribution < 1.29 is 17.9 Å². The SMILES string of the molecule is CC[C@H](Oc1cccc(Cl)c1)C(=O)Nc1ccc(S(=O)(=O)N2CCCCC2)cc1. The van der Waals surface area contributed by atoms with Gasteiger partial charge < -0.3 is 10.1 Å². The molecule has 6 nitrogen and oxygen atoms in total. The minimum Gasteiger partial charge on any atom is -0.481 e. The molecule has 1 aliphatic rings. The molecule has 0 aliphatic carbocycles. The van der Waals surface area contributed by atoms with Crippen LogP contribution in [-0.2, 0) is 14.8 Å². The number of anilines is 1. The van der Waals surface area contributed by atoms with E-state index in [1.165, 1.54) is 16.4 Å². The van der Waals surface area contributed by atoms with E-state index in [2.05, 4.69) is 5.32 Å². The summed E-state index contributed by atoms with van der Waals surface area (Å²) in [7, 11) is -3.49. The number of halogens is 1. The average Bonchev–Trinajstić information content (AvgIpc) is 2.73. The maximum atomic E-state index is 12.7. The van der Waals surface area contributed by atoms with Gasteiger partial charge in [0.05, 0.1) is 4.90 Å². The summed E-state index contributed by atoms with van der Waals surface area (Å²) in [6.07, 6.45) is 2.62. The second kappa shape index (κ2) is 9.61. The number of rotatable bonds is 7. The summed E-state index contributed by atoms with van der Waals surface area (Å²) in [5.41, 5.74) is 0.515. The number of hydrogen-bond donors (Lipinski definition) is 1. The Labute approximate surface area is 176 Å². The smallest absolute Gasteiger partial charge is 0.265 e. The fourth-order valence-corrected chi connectivity index (χ4v) is 4.91. The topological polar surface area (TPSA) is 75.7 Å². The van der Waals surface area contributed by atoms with Gasteiger partial charge in [-0.1, -0.05) is 31.0 Å². The van der Waals surface area contributed by atoms with E-state index in [4.69, 9.17) is 16.3 Å². The Morgan fingerprint density at radius 3 is 2.45 bits per heavy atom. The largest absolute Gasteiger partial charge is 0.481 e. The number of piperidine rings is 1. The molecule has 1 aliphatic heterocycles. The number of carbonyl (C=O) groups excluding carboxylic acids is 1. The van der Waals surface area contributed by atoms with Crippen LogP contribution in [0, 0.1) is 0 Å². The molecule has 0 spiro atoms. The van der Waals surface area contributed by atoms with Gasteiger partial charge in [-0.05, 0) is 61.7 Å². The lowest BCUT2D eigenvalue weighted by Gasteiger charge is -2.26. The van der Waals surface area contributed by atoms with Gasteiger partial charge in [0.25, 0.3) is 5.91 Å². The highest BCUT2D eigenvalue weighted by molar-refractivity contribution is 7.89. The predicted octanol–water partition coefficient (Wildman–Crippen LogP) is 4.31. The molecule has 0 saturated carbocycles. The molecule has 156 valence electrons. The molecule has 1 saturated heterocycles. The van der Waals surface area contributed by atoms with Crippen LogP contribution in [-0.4, -0.2) is 37.8 Å². The van der Waals surface area contributed by atoms with Crippen molar-refractivity contribution in [1.82, 2.24) is 4.31 Å². The van der Waals surface area contributed by atoms with Crippen LogP contribution in [0.4, 0.5) is 5.69 Å². The zero-order valence-corrected chi connectivity index (χ0v) is 17.9. The van der Waals surface area contributed by atoms with Crippen LogP contribution in [0.2, 0.25) is 5.02 Å². The van der Waals surface area contributed by atoms with Gasteiger partial charge in [0.1, 0.15) is 5.75 Å². The van der Waals surface area contributed by atoms with Crippen molar-refractivity contribution >= 4 is 33.2 Å². The lowest BCUT2D eigenvalue weighted by molar-refractivity contribution is -0.122. The lowest BCUT2D eigenvalue weighted by Crippen LogP contribution is -2.35. The van der Waals surface area contributed by atoms with E-state index in [-0.39, 0.29) is 10.8 Å². The second-order valence-corrected chi connectivity index (χ2v) is 9.32. The third-order valence-corrected chi connectivity index (χ3v) is 6.96. The normalized spacial score (nSPS) is 16.2. The fourth-order valence-electron chi connectivity index (χ4n) is 3.21. The van der Waals surface area contributed by atoms with Crippen LogP contribution in [0.15, 0.2) is 53.4 Å². The number of hydrogen-bond acceptors (Lipinski definition) is 4. The number of sulfonamides is 1. The molecule has 0 unspecified atom stereocenters. The maximum Gasteiger partial charge on any atom is 0.265 e. The van der Waals surface area contributed by atoms with Crippen LogP contribution in [0.25, 0.3) is 0 Å². The molecular weight excluding hydrogens is 412 g/mol. The molecule has 29 heavy (non-hydrogen) atoms. The van der Waals surface area contributed by atoms with Gasteiger partial charge in [-0.2, -0.15) is 4.31 Å². The molecule has 2 aromatic rings. The van der Waals surface area contributed by atoms with Crippen molar-refractivity contribution in [2.45, 2.75) is 43.6 Å². The van der Waals surface area contributed by atoms with Crippen molar-refractivity contribution in [2.75, 3.05) is 18.4 Å². The fraction of sp³-hybridized carbons (Fsp3) is 0.381. The molecular formula is C21H25ClN2O4S. The van der Waals surface area contributed by atoms with E-state index in [0.29, 0.717) is 36.0 Å². The molecule has 1 N–H and O–H groups in total. The molecule has 1 fully saturated rings. The van der Waals surface area contributed by atoms with Crippen molar-refractivity contribution in [3.63, 3.8) is 0 Å². The lowest BCUT2D eigenvalue weighted by atomic mass is 10.2. The Morgan fingerprint density at radius 2 is 1.83 bits per heavy atom. The van der Waals surface area contributed by atoms with Gasteiger partial charge in [0.2, 0.25) is 10.0 Å². The zero-order valence-electron chi connectivity index (χ0n) is 16.3. The van der Waals surface area contributed by atoms with Crippen molar-refractivity contribution in [1.29, 1.82) is 0 Å². The van der Waals surface area contributed by atoms with E-state index in [1.54, 1.807) is 36.4 Å². The predicted molar refractivity (Wildman–Crippen MR) is 114 cm³/mol. The molecule has 8 heteroatoms. The number of nitrogens with zero attached hydrogens (tertiary/aromatic N) is 1. The van der Waals surface area contributed by atoms with E-state index < -0.39 is 16.1 Å². The van der Waals surface area contributed by atoms with E-state index in [9.17, 15) is 13.2 Å². The van der Waals surface area contributed by atoms with Crippen LogP contribution >= 0.6 is 11.6 Å². The van der Waals surface area contributed by atoms with Gasteiger partial charge in [-0.15, -0.1) is 0 Å². The van der Waals surface area contributed by atoms with Gasteiger partial charge in [0, 0.05) is 23.8 Å². The highest BCUT2D eigenvalue weighted by atomic mass is 35.5. The van der Waals surface area contributed by atoms with E-state index in [1.807, 2.05) is 6.92 Å². The average molecular weight is 437 g/mol. The molecule has 0 aromatic heterocycles. The van der Waals surface area contributed by atoms with Crippen molar-refractivity contribution in [3.8, 4) is 5.75 Å². The first-order chi connectivity index (χ1) is 13.9. The quantitative estimate of drug-likeness (QED) is 0.701. The number of amides is 1. The van der Waals surface area contributed by atoms with Crippen molar-refractivity contribution in [2.24, 2.45) is 0 Å². The summed E-state index contributed by atoms with van der Waals surface area (Å²) in [6.45, 7) is 2.96. The second-order valence-electron chi connectivity index (χ2n) is 6.95. The summed E-state index contributed by atoms with van der Waals surface area (Å²) in [6, 6.07) is 13.1. The van der Waals surface area contributed by atoms with Crippen LogP contribution < -0.4 is 10.1 Å². The minimum absolute atomic E-state index is 0.236. The summed E-state index contributed by atoms with van der Waals surface area (Å²) >= 11 is 5.96. The Kier molecular flexibility index (Phi) is 7.16. The van der Waals surface area contributed by atoms with Crippen LogP contribution in [0.1, 0.15) is 32.6 Å². The molecule has 1 amide bonds. The van der Waals surface area contributed by atoms with E-state index >= 15 is 0 Å². The molecule has 2 aromatic carbocycles. The Hall–Kier alpha value is -2.09. The number of nitrogens with one attached hydrogen (secondary N) is 1. The molecule has 1 heterocycles. The molecule has 0 radical (unpaired) electrons. The summed E-state index contributed by atoms with van der Waals surface area (Å²) in [5, 5.41) is 3.31. The van der Waals surface area contributed by atoms with Gasteiger partial charge in [0.15, 0.2) is 6.10 Å². The zero-order chi connectivity index (χ0) is 20.9. The number of carbonyl (C=O) groups is 1. The molecule has 0 bridgehead atoms. The molecule has 1 atom stereocenters. The first-order valence-corrected chi connectivity index (χ1v) is 11.6. The Morgan fingerprint density at radius 1 is 1.14 bits per heavy atom. The third kappa shape index (κ3) is 5.50. The van der Waals surface area contributed by atoms with Gasteiger partial charge in [-0.3, -0.25) is 4.79 Å². The standard InChI is InChI=1S/C21H25ClN2O4S/c1-2-20(28-18-8-6-7-16(22)15-18)21(25)23-17-9-11-19(12-10-17)29(26,27)24-13-4-3-5-14-24/h6-12,15,20H,2-5,13-14H2,1H3,(H,23,25)/t20-/m0/s1. The number of benzene rings is 2. The van der Waals surface area contributed by atoms with Gasteiger partial charge in [-0.25, -0.2) is 8.42 Å². The first-order valence-electron chi connectivity index (χ1n) is 9.73. The highest BCUT2D eigenvalue weighted by Crippen LogP contribution is 2.23. The van der Waals surface area contributed by atoms with Crippen LogP contribution in [0.3, 0.4) is 0 Å². The highest BCUT2D eigenvalue weighted by Gasteiger charge is 2.26. The summed E-state index contributed by atoms with van der Waals surface area (Å²) in [4.78, 5) is 12.8. The van der Waals surface area contributed by atoms with E-state index in [0.717, 1.165) is 19.3 Å². The Bertz CT molecular complexity index is 941. The number of ether oxygens (including phenoxy) is 1. The summed E-state index contributed by atoms with van der Waals surface area (Å²) in [5.74, 6) is 0.210. The van der Waals surface area contributed by atoms with Gasteiger partial charge >= 0.3 is 0 Å². The Balaban J connectivity index is 1.65. The minimum atomic E-state index is -3.49. The van der Waals surface area contributed by atoms with Crippen LogP contribution in [0.5, 0.6) is 5.75 Å². The maximum absolute atomic E-state index is 12.7. The first kappa shape index (κ1) is 21.6. The summed E-state index contributed by atoms with van der Waals surface area (Å²) < 4.78 is 32.7.